The summed E-state index contributed by atoms with van der Waals surface area (Å²) in [6.45, 7) is 1.62. The van der Waals surface area contributed by atoms with Crippen LogP contribution < -0.4 is 5.32 Å². The molecule has 0 unspecified atom stereocenters. The number of thiazole rings is 1. The van der Waals surface area contributed by atoms with Gasteiger partial charge in [-0.05, 0) is 0 Å². The molecule has 2 aromatic rings. The molecule has 2 aromatic heterocycles. The molecule has 0 aliphatic heterocycles. The van der Waals surface area contributed by atoms with Crippen LogP contribution in [0.5, 0.6) is 0 Å². The van der Waals surface area contributed by atoms with Crippen molar-refractivity contribution in [1.29, 1.82) is 0 Å². The van der Waals surface area contributed by atoms with E-state index >= 15 is 0 Å². The number of aromatic nitrogens is 3. The fraction of sp³-hybridized carbons (Fsp3) is 0.250. The summed E-state index contributed by atoms with van der Waals surface area (Å²) in [6.07, 6.45) is 5.45. The van der Waals surface area contributed by atoms with Gasteiger partial charge in [0, 0.05) is 30.0 Å². The Bertz CT molecular complexity index is 293. The Morgan fingerprint density at radius 1 is 1.46 bits per heavy atom. The second-order valence-electron chi connectivity index (χ2n) is 2.61. The van der Waals surface area contributed by atoms with E-state index in [9.17, 15) is 0 Å². The van der Waals surface area contributed by atoms with Crippen LogP contribution in [-0.4, -0.2) is 15.0 Å². The molecule has 68 valence electrons. The van der Waals surface area contributed by atoms with Gasteiger partial charge in [-0.25, -0.2) is 4.98 Å². The van der Waals surface area contributed by atoms with Gasteiger partial charge in [0.05, 0.1) is 12.1 Å². The predicted octanol–water partition coefficient (Wildman–Crippen LogP) is 1.16. The quantitative estimate of drug-likeness (QED) is 0.767. The number of H-pyrrole nitrogens is 1. The molecule has 0 aliphatic rings. The molecule has 2 heterocycles. The lowest BCUT2D eigenvalue weighted by Crippen LogP contribution is -2.12. The molecule has 4 nitrogen and oxygen atoms in total. The molecule has 0 saturated carbocycles. The number of hydrogen-bond donors (Lipinski definition) is 2. The van der Waals surface area contributed by atoms with E-state index in [2.05, 4.69) is 20.3 Å². The molecule has 0 radical (unpaired) electrons. The highest BCUT2D eigenvalue weighted by Gasteiger charge is 1.95. The van der Waals surface area contributed by atoms with E-state index in [4.69, 9.17) is 0 Å². The van der Waals surface area contributed by atoms with E-state index in [0.717, 1.165) is 18.9 Å². The summed E-state index contributed by atoms with van der Waals surface area (Å²) in [7, 11) is 0. The largest absolute Gasteiger partial charge is 0.348 e. The van der Waals surface area contributed by atoms with Gasteiger partial charge in [0.15, 0.2) is 0 Å². The van der Waals surface area contributed by atoms with Gasteiger partial charge in [-0.2, -0.15) is 0 Å². The Hall–Kier alpha value is -1.20. The minimum absolute atomic E-state index is 0.769. The Morgan fingerprint density at radius 2 is 2.46 bits per heavy atom. The van der Waals surface area contributed by atoms with Crippen LogP contribution in [0.25, 0.3) is 0 Å². The van der Waals surface area contributed by atoms with E-state index in [-0.39, 0.29) is 0 Å². The molecule has 0 aliphatic carbocycles. The molecular formula is C8H10N4S. The van der Waals surface area contributed by atoms with Gasteiger partial charge in [0.2, 0.25) is 0 Å². The minimum atomic E-state index is 0.769. The van der Waals surface area contributed by atoms with Gasteiger partial charge in [0.25, 0.3) is 0 Å². The highest BCUT2D eigenvalue weighted by Crippen LogP contribution is 2.04. The maximum absolute atomic E-state index is 4.10. The maximum atomic E-state index is 4.10. The molecule has 2 N–H and O–H groups in total. The number of imidazole rings is 1. The van der Waals surface area contributed by atoms with Crippen LogP contribution in [0.3, 0.4) is 0 Å². The lowest BCUT2D eigenvalue weighted by Gasteiger charge is -1.98. The van der Waals surface area contributed by atoms with Gasteiger partial charge in [-0.1, -0.05) is 0 Å². The van der Waals surface area contributed by atoms with Crippen LogP contribution in [0, 0.1) is 0 Å². The molecule has 0 fully saturated rings. The summed E-state index contributed by atoms with van der Waals surface area (Å²) in [4.78, 5) is 12.4. The van der Waals surface area contributed by atoms with E-state index < -0.39 is 0 Å². The Labute approximate surface area is 80.1 Å². The average Bonchev–Trinajstić information content (AvgIpc) is 2.75. The average molecular weight is 194 g/mol. The molecule has 0 atom stereocenters. The van der Waals surface area contributed by atoms with Crippen molar-refractivity contribution >= 4 is 11.3 Å². The first-order valence-electron chi connectivity index (χ1n) is 4.01. The fourth-order valence-electron chi connectivity index (χ4n) is 1.03. The lowest BCUT2D eigenvalue weighted by atomic mass is 10.5. The third-order valence-corrected chi connectivity index (χ3v) is 2.41. The first-order chi connectivity index (χ1) is 6.45. The zero-order chi connectivity index (χ0) is 8.93. The van der Waals surface area contributed by atoms with Crippen LogP contribution >= 0.6 is 11.3 Å². The van der Waals surface area contributed by atoms with E-state index in [0.29, 0.717) is 0 Å². The number of nitrogens with one attached hydrogen (secondary N) is 2. The van der Waals surface area contributed by atoms with Gasteiger partial charge < -0.3 is 10.3 Å². The summed E-state index contributed by atoms with van der Waals surface area (Å²) in [5.41, 5.74) is 1.84. The van der Waals surface area contributed by atoms with Crippen LogP contribution in [0.4, 0.5) is 0 Å². The minimum Gasteiger partial charge on any atom is -0.348 e. The van der Waals surface area contributed by atoms with Crippen molar-refractivity contribution in [3.8, 4) is 0 Å². The second kappa shape index (κ2) is 4.15. The predicted molar refractivity (Wildman–Crippen MR) is 51.2 cm³/mol. The first kappa shape index (κ1) is 8.40. The monoisotopic (exact) mass is 194 g/mol. The zero-order valence-electron chi connectivity index (χ0n) is 7.03. The molecular weight excluding hydrogens is 184 g/mol. The number of nitrogens with zero attached hydrogens (tertiary/aromatic N) is 2. The van der Waals surface area contributed by atoms with Crippen molar-refractivity contribution in [2.75, 3.05) is 0 Å². The van der Waals surface area contributed by atoms with Crippen molar-refractivity contribution in [3.63, 3.8) is 0 Å². The summed E-state index contributed by atoms with van der Waals surface area (Å²) in [5.74, 6) is 0.963. The highest BCUT2D eigenvalue weighted by molar-refractivity contribution is 7.09. The standard InChI is InChI=1S/C8H10N4S/c1-2-12-8(11-1)5-9-3-7-4-10-6-13-7/h1-2,4,6,9H,3,5H2,(H,11,12). The molecule has 5 heteroatoms. The molecule has 2 rings (SSSR count). The van der Waals surface area contributed by atoms with Crippen molar-refractivity contribution in [1.82, 2.24) is 20.3 Å². The molecule has 0 aromatic carbocycles. The van der Waals surface area contributed by atoms with Crippen LogP contribution in [0.2, 0.25) is 0 Å². The molecule has 0 saturated heterocycles. The Morgan fingerprint density at radius 3 is 3.15 bits per heavy atom. The van der Waals surface area contributed by atoms with E-state index in [1.165, 1.54) is 4.88 Å². The number of hydrogen-bond acceptors (Lipinski definition) is 4. The second-order valence-corrected chi connectivity index (χ2v) is 3.58. The molecule has 0 amide bonds. The molecule has 0 bridgehead atoms. The highest BCUT2D eigenvalue weighted by atomic mass is 32.1. The van der Waals surface area contributed by atoms with Crippen LogP contribution in [-0.2, 0) is 13.1 Å². The van der Waals surface area contributed by atoms with Crippen molar-refractivity contribution in [2.45, 2.75) is 13.1 Å². The van der Waals surface area contributed by atoms with Crippen LogP contribution in [0.1, 0.15) is 10.7 Å². The SMILES string of the molecule is c1c[nH]c(CNCc2cncs2)n1. The summed E-state index contributed by atoms with van der Waals surface area (Å²) in [6, 6.07) is 0. The van der Waals surface area contributed by atoms with Crippen LogP contribution in [0.15, 0.2) is 24.1 Å². The normalized spacial score (nSPS) is 10.5. The molecule has 13 heavy (non-hydrogen) atoms. The van der Waals surface area contributed by atoms with Gasteiger partial charge in [-0.15, -0.1) is 11.3 Å². The number of rotatable bonds is 4. The zero-order valence-corrected chi connectivity index (χ0v) is 7.84. The summed E-state index contributed by atoms with van der Waals surface area (Å²) in [5, 5.41) is 3.27. The van der Waals surface area contributed by atoms with Gasteiger partial charge >= 0.3 is 0 Å². The Balaban J connectivity index is 1.76. The number of aromatic amines is 1. The third kappa shape index (κ3) is 2.37. The third-order valence-electron chi connectivity index (χ3n) is 1.63. The van der Waals surface area contributed by atoms with Crippen molar-refractivity contribution in [2.24, 2.45) is 0 Å². The van der Waals surface area contributed by atoms with Gasteiger partial charge in [-0.3, -0.25) is 4.98 Å². The summed E-state index contributed by atoms with van der Waals surface area (Å²) < 4.78 is 0. The maximum Gasteiger partial charge on any atom is 0.120 e. The smallest absolute Gasteiger partial charge is 0.120 e. The fourth-order valence-corrected chi connectivity index (χ4v) is 1.59. The lowest BCUT2D eigenvalue weighted by molar-refractivity contribution is 0.674. The molecule has 0 spiro atoms. The van der Waals surface area contributed by atoms with E-state index in [1.54, 1.807) is 17.5 Å². The first-order valence-corrected chi connectivity index (χ1v) is 4.89. The topological polar surface area (TPSA) is 53.6 Å². The Kier molecular flexibility index (Phi) is 2.68. The van der Waals surface area contributed by atoms with Crippen molar-refractivity contribution < 1.29 is 0 Å². The van der Waals surface area contributed by atoms with Gasteiger partial charge in [0.1, 0.15) is 5.82 Å². The summed E-state index contributed by atoms with van der Waals surface area (Å²) >= 11 is 1.66. The van der Waals surface area contributed by atoms with Crippen molar-refractivity contribution in [3.05, 3.63) is 34.8 Å². The van der Waals surface area contributed by atoms with E-state index in [1.807, 2.05) is 17.9 Å².